The standard InChI is InChI=1S/C27H31N3O/c1-6-30(4)19-28-27-16-20(2)26(15-21(27)3)17-22-7-11-24(12-8-22)25-13-9-23(10-14-25)18-29-31-5/h7-16,18-19H,6,17H2,1-5H3/b28-19+,29-18+. The molecule has 4 heteroatoms. The Morgan fingerprint density at radius 1 is 0.903 bits per heavy atom. The van der Waals surface area contributed by atoms with Crippen molar-refractivity contribution in [3.05, 3.63) is 88.5 Å². The zero-order valence-electron chi connectivity index (χ0n) is 19.1. The Bertz CT molecular complexity index is 1050. The van der Waals surface area contributed by atoms with Gasteiger partial charge in [0.15, 0.2) is 0 Å². The number of nitrogens with zero attached hydrogens (tertiary/aromatic N) is 3. The van der Waals surface area contributed by atoms with Crippen molar-refractivity contribution in [1.29, 1.82) is 0 Å². The zero-order valence-corrected chi connectivity index (χ0v) is 19.1. The number of hydrogen-bond donors (Lipinski definition) is 0. The highest BCUT2D eigenvalue weighted by molar-refractivity contribution is 5.80. The lowest BCUT2D eigenvalue weighted by atomic mass is 9.96. The number of benzene rings is 3. The van der Waals surface area contributed by atoms with E-state index in [1.54, 1.807) is 13.3 Å². The summed E-state index contributed by atoms with van der Waals surface area (Å²) in [7, 11) is 3.58. The molecule has 0 radical (unpaired) electrons. The molecule has 0 saturated heterocycles. The highest BCUT2D eigenvalue weighted by atomic mass is 16.6. The molecular formula is C27H31N3O. The topological polar surface area (TPSA) is 37.2 Å². The Morgan fingerprint density at radius 3 is 2.16 bits per heavy atom. The smallest absolute Gasteiger partial charge is 0.106 e. The molecule has 4 nitrogen and oxygen atoms in total. The summed E-state index contributed by atoms with van der Waals surface area (Å²) in [5, 5.41) is 3.80. The maximum absolute atomic E-state index is 4.73. The van der Waals surface area contributed by atoms with Crippen molar-refractivity contribution in [2.45, 2.75) is 27.2 Å². The van der Waals surface area contributed by atoms with Crippen LogP contribution in [-0.4, -0.2) is 38.2 Å². The first-order chi connectivity index (χ1) is 15.0. The van der Waals surface area contributed by atoms with Gasteiger partial charge in [-0.2, -0.15) is 0 Å². The molecule has 0 aromatic heterocycles. The van der Waals surface area contributed by atoms with Crippen LogP contribution in [0.15, 0.2) is 70.8 Å². The summed E-state index contributed by atoms with van der Waals surface area (Å²) in [5.74, 6) is 0. The molecule has 0 aliphatic rings. The van der Waals surface area contributed by atoms with Gasteiger partial charge in [-0.3, -0.25) is 0 Å². The van der Waals surface area contributed by atoms with E-state index in [0.29, 0.717) is 0 Å². The molecule has 0 aliphatic heterocycles. The monoisotopic (exact) mass is 413 g/mol. The first-order valence-electron chi connectivity index (χ1n) is 10.6. The van der Waals surface area contributed by atoms with E-state index in [0.717, 1.165) is 24.2 Å². The van der Waals surface area contributed by atoms with Crippen LogP contribution in [0.3, 0.4) is 0 Å². The van der Waals surface area contributed by atoms with Crippen LogP contribution in [0.5, 0.6) is 0 Å². The number of aliphatic imine (C=N–C) groups is 1. The van der Waals surface area contributed by atoms with Crippen LogP contribution in [0.25, 0.3) is 11.1 Å². The van der Waals surface area contributed by atoms with Gasteiger partial charge in [-0.1, -0.05) is 59.8 Å². The molecule has 0 unspecified atom stereocenters. The molecule has 3 rings (SSSR count). The van der Waals surface area contributed by atoms with Crippen molar-refractivity contribution < 1.29 is 4.84 Å². The lowest BCUT2D eigenvalue weighted by molar-refractivity contribution is 0.215. The number of rotatable bonds is 8. The summed E-state index contributed by atoms with van der Waals surface area (Å²) in [6.07, 6.45) is 4.52. The van der Waals surface area contributed by atoms with Gasteiger partial charge in [-0.15, -0.1) is 0 Å². The predicted octanol–water partition coefficient (Wildman–Crippen LogP) is 6.15. The number of aryl methyl sites for hydroxylation is 2. The summed E-state index contributed by atoms with van der Waals surface area (Å²) in [4.78, 5) is 11.4. The van der Waals surface area contributed by atoms with Gasteiger partial charge in [0.1, 0.15) is 7.11 Å². The fourth-order valence-electron chi connectivity index (χ4n) is 3.34. The number of oxime groups is 1. The van der Waals surface area contributed by atoms with Crippen molar-refractivity contribution in [2.75, 3.05) is 20.7 Å². The van der Waals surface area contributed by atoms with Crippen LogP contribution < -0.4 is 0 Å². The molecule has 3 aromatic rings. The SMILES string of the molecule is CCN(C)/C=N/c1cc(C)c(Cc2ccc(-c3ccc(/C=N/OC)cc3)cc2)cc1C. The molecule has 160 valence electrons. The van der Waals surface area contributed by atoms with Gasteiger partial charge < -0.3 is 9.74 Å². The van der Waals surface area contributed by atoms with Crippen LogP contribution in [0, 0.1) is 13.8 Å². The van der Waals surface area contributed by atoms with Crippen molar-refractivity contribution in [3.8, 4) is 11.1 Å². The third kappa shape index (κ3) is 6.05. The third-order valence-electron chi connectivity index (χ3n) is 5.45. The van der Waals surface area contributed by atoms with Gasteiger partial charge in [0, 0.05) is 13.6 Å². The van der Waals surface area contributed by atoms with Crippen LogP contribution in [0.4, 0.5) is 5.69 Å². The second kappa shape index (κ2) is 10.6. The van der Waals surface area contributed by atoms with E-state index < -0.39 is 0 Å². The fourth-order valence-corrected chi connectivity index (χ4v) is 3.34. The number of hydrogen-bond acceptors (Lipinski definition) is 3. The summed E-state index contributed by atoms with van der Waals surface area (Å²) in [6.45, 7) is 7.36. The normalized spacial score (nSPS) is 11.4. The molecule has 0 fully saturated rings. The lowest BCUT2D eigenvalue weighted by Gasteiger charge is -2.12. The lowest BCUT2D eigenvalue weighted by Crippen LogP contribution is -2.14. The van der Waals surface area contributed by atoms with E-state index in [1.165, 1.54) is 33.4 Å². The summed E-state index contributed by atoms with van der Waals surface area (Å²) in [5.41, 5.74) is 9.57. The average Bonchev–Trinajstić information content (AvgIpc) is 2.79. The molecule has 0 saturated carbocycles. The molecule has 0 atom stereocenters. The molecule has 0 spiro atoms. The van der Waals surface area contributed by atoms with Gasteiger partial charge in [-0.05, 0) is 72.2 Å². The van der Waals surface area contributed by atoms with E-state index in [1.807, 2.05) is 25.5 Å². The van der Waals surface area contributed by atoms with Crippen LogP contribution in [0.2, 0.25) is 0 Å². The molecule has 0 aliphatic carbocycles. The van der Waals surface area contributed by atoms with E-state index in [9.17, 15) is 0 Å². The highest BCUT2D eigenvalue weighted by Crippen LogP contribution is 2.26. The van der Waals surface area contributed by atoms with Crippen molar-refractivity contribution in [3.63, 3.8) is 0 Å². The Kier molecular flexibility index (Phi) is 7.60. The van der Waals surface area contributed by atoms with Gasteiger partial charge in [0.2, 0.25) is 0 Å². The Labute approximate surface area is 185 Å². The van der Waals surface area contributed by atoms with Crippen molar-refractivity contribution >= 4 is 18.2 Å². The Morgan fingerprint density at radius 2 is 1.55 bits per heavy atom. The largest absolute Gasteiger partial charge is 0.399 e. The molecule has 0 bridgehead atoms. The second-order valence-corrected chi connectivity index (χ2v) is 7.80. The minimum absolute atomic E-state index is 0.915. The van der Waals surface area contributed by atoms with Gasteiger partial charge in [0.05, 0.1) is 18.2 Å². The van der Waals surface area contributed by atoms with E-state index >= 15 is 0 Å². The third-order valence-corrected chi connectivity index (χ3v) is 5.45. The van der Waals surface area contributed by atoms with Gasteiger partial charge >= 0.3 is 0 Å². The molecule has 0 heterocycles. The fraction of sp³-hybridized carbons (Fsp3) is 0.259. The predicted molar refractivity (Wildman–Crippen MR) is 132 cm³/mol. The van der Waals surface area contributed by atoms with Gasteiger partial charge in [0.25, 0.3) is 0 Å². The molecule has 3 aromatic carbocycles. The quantitative estimate of drug-likeness (QED) is 0.252. The van der Waals surface area contributed by atoms with E-state index in [-0.39, 0.29) is 0 Å². The summed E-state index contributed by atoms with van der Waals surface area (Å²) in [6, 6.07) is 21.6. The second-order valence-electron chi connectivity index (χ2n) is 7.80. The van der Waals surface area contributed by atoms with Crippen molar-refractivity contribution in [1.82, 2.24) is 4.90 Å². The van der Waals surface area contributed by atoms with Gasteiger partial charge in [-0.25, -0.2) is 4.99 Å². The highest BCUT2D eigenvalue weighted by Gasteiger charge is 2.06. The summed E-state index contributed by atoms with van der Waals surface area (Å²) >= 11 is 0. The zero-order chi connectivity index (χ0) is 22.2. The Balaban J connectivity index is 1.73. The Hall–Kier alpha value is -3.40. The minimum atomic E-state index is 0.915. The molecular weight excluding hydrogens is 382 g/mol. The maximum Gasteiger partial charge on any atom is 0.106 e. The first-order valence-corrected chi connectivity index (χ1v) is 10.6. The summed E-state index contributed by atoms with van der Waals surface area (Å²) < 4.78 is 0. The minimum Gasteiger partial charge on any atom is -0.399 e. The average molecular weight is 414 g/mol. The molecule has 0 N–H and O–H groups in total. The van der Waals surface area contributed by atoms with Crippen molar-refractivity contribution in [2.24, 2.45) is 10.1 Å². The van der Waals surface area contributed by atoms with Crippen LogP contribution >= 0.6 is 0 Å². The van der Waals surface area contributed by atoms with E-state index in [2.05, 4.69) is 84.4 Å². The molecule has 31 heavy (non-hydrogen) atoms. The molecule has 0 amide bonds. The maximum atomic E-state index is 4.73. The van der Waals surface area contributed by atoms with Crippen LogP contribution in [-0.2, 0) is 11.3 Å². The van der Waals surface area contributed by atoms with E-state index in [4.69, 9.17) is 4.84 Å². The first kappa shape index (κ1) is 22.3. The van der Waals surface area contributed by atoms with Crippen LogP contribution in [0.1, 0.15) is 34.7 Å².